The average Bonchev–Trinajstić information content (AvgIpc) is 2.64. The maximum absolute atomic E-state index is 5.43. The Kier molecular flexibility index (Phi) is 8.05. The third-order valence-corrected chi connectivity index (χ3v) is 4.06. The fourth-order valence-electron chi connectivity index (χ4n) is 2.56. The van der Waals surface area contributed by atoms with E-state index in [-0.39, 0.29) is 0 Å². The molecule has 2 aromatic rings. The Balaban J connectivity index is 1.69. The van der Waals surface area contributed by atoms with Crippen molar-refractivity contribution in [2.45, 2.75) is 20.3 Å². The number of hydrogen-bond donors (Lipinski definition) is 2. The molecule has 0 aliphatic heterocycles. The molecule has 0 saturated heterocycles. The lowest BCUT2D eigenvalue weighted by molar-refractivity contribution is 0.340. The highest BCUT2D eigenvalue weighted by molar-refractivity contribution is 7.80. The van der Waals surface area contributed by atoms with Crippen LogP contribution in [-0.2, 0) is 0 Å². The summed E-state index contributed by atoms with van der Waals surface area (Å²) in [6.07, 6.45) is 1.02. The summed E-state index contributed by atoms with van der Waals surface area (Å²) in [7, 11) is 0. The Morgan fingerprint density at radius 3 is 2.40 bits per heavy atom. The number of anilines is 2. The molecule has 0 bridgehead atoms. The molecule has 0 aliphatic rings. The maximum Gasteiger partial charge on any atom is 0.170 e. The first-order chi connectivity index (χ1) is 12.2. The van der Waals surface area contributed by atoms with E-state index in [0.29, 0.717) is 11.7 Å². The van der Waals surface area contributed by atoms with E-state index in [9.17, 15) is 0 Å². The number of rotatable bonds is 9. The van der Waals surface area contributed by atoms with Crippen LogP contribution >= 0.6 is 12.2 Å². The van der Waals surface area contributed by atoms with Gasteiger partial charge in [-0.05, 0) is 68.9 Å². The van der Waals surface area contributed by atoms with Gasteiger partial charge >= 0.3 is 0 Å². The van der Waals surface area contributed by atoms with Crippen LogP contribution in [0.15, 0.2) is 54.6 Å². The Labute approximate surface area is 156 Å². The van der Waals surface area contributed by atoms with Crippen molar-refractivity contribution >= 4 is 28.7 Å². The van der Waals surface area contributed by atoms with Crippen LogP contribution in [0.2, 0.25) is 0 Å². The number of hydrogen-bond acceptors (Lipinski definition) is 3. The highest BCUT2D eigenvalue weighted by atomic mass is 32.1. The molecule has 0 aliphatic carbocycles. The lowest BCUT2D eigenvalue weighted by Gasteiger charge is -2.23. The van der Waals surface area contributed by atoms with Crippen LogP contribution in [-0.4, -0.2) is 31.4 Å². The van der Waals surface area contributed by atoms with Crippen molar-refractivity contribution in [2.75, 3.05) is 36.5 Å². The van der Waals surface area contributed by atoms with E-state index in [1.807, 2.05) is 37.3 Å². The van der Waals surface area contributed by atoms with Gasteiger partial charge in [0.2, 0.25) is 0 Å². The van der Waals surface area contributed by atoms with E-state index < -0.39 is 0 Å². The van der Waals surface area contributed by atoms with Gasteiger partial charge in [-0.2, -0.15) is 0 Å². The van der Waals surface area contributed by atoms with Crippen LogP contribution in [0.5, 0.6) is 5.75 Å². The van der Waals surface area contributed by atoms with Crippen LogP contribution in [0, 0.1) is 0 Å². The number of nitrogens with zero attached hydrogens (tertiary/aromatic N) is 1. The van der Waals surface area contributed by atoms with Crippen LogP contribution in [0.25, 0.3) is 0 Å². The number of para-hydroxylation sites is 1. The van der Waals surface area contributed by atoms with Crippen LogP contribution in [0.3, 0.4) is 0 Å². The molecule has 0 aromatic heterocycles. The van der Waals surface area contributed by atoms with Gasteiger partial charge in [0.15, 0.2) is 5.11 Å². The zero-order chi connectivity index (χ0) is 17.9. The van der Waals surface area contributed by atoms with Gasteiger partial charge < -0.3 is 20.3 Å². The summed E-state index contributed by atoms with van der Waals surface area (Å²) in [4.78, 5) is 2.37. The van der Waals surface area contributed by atoms with Crippen molar-refractivity contribution in [1.82, 2.24) is 5.32 Å². The maximum atomic E-state index is 5.43. The van der Waals surface area contributed by atoms with Gasteiger partial charge in [-0.15, -0.1) is 0 Å². The second kappa shape index (κ2) is 10.6. The number of nitrogens with one attached hydrogen (secondary N) is 2. The van der Waals surface area contributed by atoms with E-state index in [0.717, 1.165) is 37.5 Å². The first-order valence-electron chi connectivity index (χ1n) is 8.80. The Bertz CT molecular complexity index is 631. The number of thiocarbonyl (C=S) groups is 1. The first kappa shape index (κ1) is 19.1. The summed E-state index contributed by atoms with van der Waals surface area (Å²) < 4.78 is 5.43. The van der Waals surface area contributed by atoms with Crippen molar-refractivity contribution in [3.8, 4) is 5.75 Å². The predicted molar refractivity (Wildman–Crippen MR) is 111 cm³/mol. The van der Waals surface area contributed by atoms with Gasteiger partial charge in [0, 0.05) is 31.0 Å². The van der Waals surface area contributed by atoms with Crippen molar-refractivity contribution in [3.05, 3.63) is 54.6 Å². The summed E-state index contributed by atoms with van der Waals surface area (Å²) in [6.45, 7) is 7.66. The largest absolute Gasteiger partial charge is 0.494 e. The van der Waals surface area contributed by atoms with Crippen LogP contribution in [0.1, 0.15) is 20.3 Å². The Hall–Kier alpha value is -2.27. The van der Waals surface area contributed by atoms with E-state index in [1.165, 1.54) is 5.69 Å². The summed E-state index contributed by atoms with van der Waals surface area (Å²) in [5.74, 6) is 0.868. The summed E-state index contributed by atoms with van der Waals surface area (Å²) >= 11 is 5.35. The lowest BCUT2D eigenvalue weighted by Crippen LogP contribution is -2.32. The molecular formula is C20H27N3OS. The molecule has 0 spiro atoms. The molecule has 0 heterocycles. The molecule has 0 unspecified atom stereocenters. The van der Waals surface area contributed by atoms with Crippen molar-refractivity contribution < 1.29 is 4.74 Å². The van der Waals surface area contributed by atoms with Gasteiger partial charge in [-0.25, -0.2) is 0 Å². The molecule has 0 saturated carbocycles. The van der Waals surface area contributed by atoms with E-state index in [2.05, 4.69) is 46.7 Å². The summed E-state index contributed by atoms with van der Waals surface area (Å²) in [5.41, 5.74) is 2.22. The molecule has 5 heteroatoms. The smallest absolute Gasteiger partial charge is 0.170 e. The van der Waals surface area contributed by atoms with Gasteiger partial charge in [-0.3, -0.25) is 0 Å². The fourth-order valence-corrected chi connectivity index (χ4v) is 2.78. The molecule has 4 nitrogen and oxygen atoms in total. The first-order valence-corrected chi connectivity index (χ1v) is 9.21. The van der Waals surface area contributed by atoms with Crippen molar-refractivity contribution in [1.29, 1.82) is 0 Å². The topological polar surface area (TPSA) is 36.5 Å². The van der Waals surface area contributed by atoms with Gasteiger partial charge in [-0.1, -0.05) is 18.2 Å². The monoisotopic (exact) mass is 357 g/mol. The van der Waals surface area contributed by atoms with E-state index >= 15 is 0 Å². The molecular weight excluding hydrogens is 330 g/mol. The van der Waals surface area contributed by atoms with E-state index in [1.54, 1.807) is 0 Å². The highest BCUT2D eigenvalue weighted by Crippen LogP contribution is 2.15. The number of benzene rings is 2. The predicted octanol–water partition coefficient (Wildman–Crippen LogP) is 4.29. The van der Waals surface area contributed by atoms with Crippen molar-refractivity contribution in [2.24, 2.45) is 0 Å². The number of ether oxygens (including phenoxy) is 1. The molecule has 0 amide bonds. The lowest BCUT2D eigenvalue weighted by atomic mass is 10.2. The highest BCUT2D eigenvalue weighted by Gasteiger charge is 2.03. The minimum absolute atomic E-state index is 0.645. The minimum Gasteiger partial charge on any atom is -0.494 e. The van der Waals surface area contributed by atoms with Crippen LogP contribution in [0.4, 0.5) is 11.4 Å². The zero-order valence-electron chi connectivity index (χ0n) is 15.0. The fraction of sp³-hybridized carbons (Fsp3) is 0.350. The van der Waals surface area contributed by atoms with Gasteiger partial charge in [0.25, 0.3) is 0 Å². The second-order valence-corrected chi connectivity index (χ2v) is 6.02. The zero-order valence-corrected chi connectivity index (χ0v) is 15.8. The summed E-state index contributed by atoms with van der Waals surface area (Å²) in [5, 5.41) is 7.11. The third kappa shape index (κ3) is 6.63. The molecule has 25 heavy (non-hydrogen) atoms. The molecule has 2 rings (SSSR count). The molecule has 0 atom stereocenters. The van der Waals surface area contributed by atoms with Crippen LogP contribution < -0.4 is 20.3 Å². The molecule has 2 N–H and O–H groups in total. The molecule has 2 aromatic carbocycles. The molecule has 0 fully saturated rings. The van der Waals surface area contributed by atoms with Crippen molar-refractivity contribution in [3.63, 3.8) is 0 Å². The third-order valence-electron chi connectivity index (χ3n) is 3.82. The molecule has 0 radical (unpaired) electrons. The minimum atomic E-state index is 0.645. The quantitative estimate of drug-likeness (QED) is 0.517. The van der Waals surface area contributed by atoms with E-state index in [4.69, 9.17) is 17.0 Å². The Morgan fingerprint density at radius 2 is 1.76 bits per heavy atom. The SMILES string of the molecule is CCOc1ccc(NC(=S)NCCCN(CC)c2ccccc2)cc1. The standard InChI is InChI=1S/C20H27N3OS/c1-3-23(18-9-6-5-7-10-18)16-8-15-21-20(25)22-17-11-13-19(14-12-17)24-4-2/h5-7,9-14H,3-4,8,15-16H2,1-2H3,(H2,21,22,25). The summed E-state index contributed by atoms with van der Waals surface area (Å²) in [6, 6.07) is 18.3. The second-order valence-electron chi connectivity index (χ2n) is 5.61. The Morgan fingerprint density at radius 1 is 1.04 bits per heavy atom. The normalized spacial score (nSPS) is 10.2. The van der Waals surface area contributed by atoms with Gasteiger partial charge in [0.05, 0.1) is 6.61 Å². The van der Waals surface area contributed by atoms with Gasteiger partial charge in [0.1, 0.15) is 5.75 Å². The average molecular weight is 358 g/mol. The molecule has 134 valence electrons.